The minimum absolute atomic E-state index is 0.0891. The third-order valence-electron chi connectivity index (χ3n) is 5.14. The molecule has 0 aliphatic rings. The van der Waals surface area contributed by atoms with E-state index in [9.17, 15) is 9.59 Å². The van der Waals surface area contributed by atoms with E-state index in [1.807, 2.05) is 79.7 Å². The van der Waals surface area contributed by atoms with Crippen LogP contribution in [0.3, 0.4) is 0 Å². The Bertz CT molecular complexity index is 975. The fourth-order valence-corrected chi connectivity index (χ4v) is 3.21. The van der Waals surface area contributed by atoms with Crippen LogP contribution in [0.15, 0.2) is 72.8 Å². The van der Waals surface area contributed by atoms with Gasteiger partial charge >= 0.3 is 0 Å². The molecular weight excluding hydrogens is 372 g/mol. The topological polar surface area (TPSA) is 72.2 Å². The summed E-state index contributed by atoms with van der Waals surface area (Å²) in [6.45, 7) is 2.98. The van der Waals surface area contributed by atoms with Crippen LogP contribution in [0.25, 0.3) is 0 Å². The van der Waals surface area contributed by atoms with Crippen molar-refractivity contribution in [2.24, 2.45) is 5.73 Å². The number of carbonyl (C=O) groups excluding carboxylic acids is 2. The molecule has 0 fully saturated rings. The highest BCUT2D eigenvalue weighted by atomic mass is 16.1. The Morgan fingerprint density at radius 1 is 0.767 bits per heavy atom. The van der Waals surface area contributed by atoms with Crippen LogP contribution in [0.2, 0.25) is 0 Å². The molecule has 0 radical (unpaired) electrons. The average molecular weight is 401 g/mol. The van der Waals surface area contributed by atoms with E-state index in [0.29, 0.717) is 31.5 Å². The van der Waals surface area contributed by atoms with E-state index in [0.717, 1.165) is 34.2 Å². The Hall–Kier alpha value is -3.24. The molecule has 4 nitrogen and oxygen atoms in total. The fraction of sp³-hybridized carbons (Fsp3) is 0.231. The van der Waals surface area contributed by atoms with E-state index in [4.69, 9.17) is 5.73 Å². The monoisotopic (exact) mass is 400 g/mol. The molecule has 30 heavy (non-hydrogen) atoms. The summed E-state index contributed by atoms with van der Waals surface area (Å²) in [6, 6.07) is 23.4. The predicted octanol–water partition coefficient (Wildman–Crippen LogP) is 4.13. The Morgan fingerprint density at radius 3 is 1.97 bits per heavy atom. The molecule has 0 unspecified atom stereocenters. The first-order chi connectivity index (χ1) is 14.5. The van der Waals surface area contributed by atoms with Crippen molar-refractivity contribution >= 4 is 11.7 Å². The molecule has 0 bridgehead atoms. The minimum Gasteiger partial charge on any atom is -0.348 e. The lowest BCUT2D eigenvalue weighted by atomic mass is 10.0. The quantitative estimate of drug-likeness (QED) is 0.567. The third kappa shape index (κ3) is 6.39. The van der Waals surface area contributed by atoms with Crippen LogP contribution < -0.4 is 11.1 Å². The molecule has 0 spiro atoms. The van der Waals surface area contributed by atoms with Gasteiger partial charge < -0.3 is 11.1 Å². The summed E-state index contributed by atoms with van der Waals surface area (Å²) in [5, 5.41) is 2.93. The van der Waals surface area contributed by atoms with Crippen molar-refractivity contribution in [1.29, 1.82) is 0 Å². The van der Waals surface area contributed by atoms with Gasteiger partial charge in [-0.2, -0.15) is 0 Å². The lowest BCUT2D eigenvalue weighted by Crippen LogP contribution is -2.22. The highest BCUT2D eigenvalue weighted by Crippen LogP contribution is 2.11. The highest BCUT2D eigenvalue weighted by molar-refractivity contribution is 5.94. The maximum absolute atomic E-state index is 12.3. The smallest absolute Gasteiger partial charge is 0.251 e. The van der Waals surface area contributed by atoms with E-state index >= 15 is 0 Å². The maximum atomic E-state index is 12.3. The zero-order valence-corrected chi connectivity index (χ0v) is 17.4. The van der Waals surface area contributed by atoms with E-state index in [1.54, 1.807) is 0 Å². The van der Waals surface area contributed by atoms with Crippen molar-refractivity contribution in [3.8, 4) is 0 Å². The second kappa shape index (κ2) is 10.5. The summed E-state index contributed by atoms with van der Waals surface area (Å²) < 4.78 is 0. The number of nitrogens with one attached hydrogen (secondary N) is 1. The molecule has 3 aromatic carbocycles. The third-order valence-corrected chi connectivity index (χ3v) is 5.14. The van der Waals surface area contributed by atoms with Crippen LogP contribution in [-0.4, -0.2) is 11.7 Å². The number of nitrogens with two attached hydrogens (primary N) is 1. The molecular formula is C26H28N2O2. The van der Waals surface area contributed by atoms with Crippen molar-refractivity contribution < 1.29 is 9.59 Å². The lowest BCUT2D eigenvalue weighted by molar-refractivity contribution is -0.118. The summed E-state index contributed by atoms with van der Waals surface area (Å²) in [7, 11) is 0. The Morgan fingerprint density at radius 2 is 1.33 bits per heavy atom. The number of benzene rings is 3. The van der Waals surface area contributed by atoms with Crippen LogP contribution in [0.4, 0.5) is 0 Å². The van der Waals surface area contributed by atoms with Gasteiger partial charge in [-0.3, -0.25) is 9.59 Å². The predicted molar refractivity (Wildman–Crippen MR) is 120 cm³/mol. The molecule has 1 amide bonds. The van der Waals surface area contributed by atoms with Crippen LogP contribution in [0, 0.1) is 6.92 Å². The maximum Gasteiger partial charge on any atom is 0.251 e. The van der Waals surface area contributed by atoms with E-state index in [2.05, 4.69) is 5.32 Å². The Balaban J connectivity index is 1.44. The molecule has 3 aromatic rings. The first-order valence-corrected chi connectivity index (χ1v) is 10.3. The molecule has 0 aromatic heterocycles. The molecule has 0 saturated heterocycles. The van der Waals surface area contributed by atoms with E-state index < -0.39 is 0 Å². The molecule has 0 heterocycles. The van der Waals surface area contributed by atoms with E-state index in [-0.39, 0.29) is 11.7 Å². The number of Topliss-reactive ketones (excluding diaryl/α,β-unsaturated/α-hetero) is 1. The van der Waals surface area contributed by atoms with Crippen molar-refractivity contribution in [1.82, 2.24) is 5.32 Å². The summed E-state index contributed by atoms with van der Waals surface area (Å²) in [6.07, 6.45) is 1.69. The molecule has 0 saturated carbocycles. The molecule has 3 N–H and O–H groups in total. The van der Waals surface area contributed by atoms with Gasteiger partial charge in [-0.25, -0.2) is 0 Å². The van der Waals surface area contributed by atoms with Crippen molar-refractivity contribution in [2.75, 3.05) is 0 Å². The molecule has 3 rings (SSSR count). The van der Waals surface area contributed by atoms with Crippen LogP contribution in [0.5, 0.6) is 0 Å². The number of carbonyl (C=O) groups is 2. The summed E-state index contributed by atoms with van der Waals surface area (Å²) in [4.78, 5) is 24.5. The summed E-state index contributed by atoms with van der Waals surface area (Å²) in [5.74, 6) is 0.132. The first-order valence-electron chi connectivity index (χ1n) is 10.3. The summed E-state index contributed by atoms with van der Waals surface area (Å²) >= 11 is 0. The van der Waals surface area contributed by atoms with E-state index in [1.165, 1.54) is 0 Å². The number of ketones is 1. The van der Waals surface area contributed by atoms with Gasteiger partial charge in [0.2, 0.25) is 0 Å². The SMILES string of the molecule is Cc1ccc(C(=O)NCc2ccc(CC(=O)CCc3ccc(CN)cc3)cc2)cc1. The lowest BCUT2D eigenvalue weighted by Gasteiger charge is -2.07. The molecule has 0 atom stereocenters. The Kier molecular flexibility index (Phi) is 7.52. The molecule has 0 aliphatic carbocycles. The van der Waals surface area contributed by atoms with Crippen molar-refractivity contribution in [3.05, 3.63) is 106 Å². The van der Waals surface area contributed by atoms with Gasteiger partial charge in [-0.05, 0) is 47.7 Å². The fourth-order valence-electron chi connectivity index (χ4n) is 3.21. The van der Waals surface area contributed by atoms with Crippen LogP contribution in [0.1, 0.15) is 44.6 Å². The second-order valence-electron chi connectivity index (χ2n) is 7.60. The standard InChI is InChI=1S/C26H28N2O2/c1-19-2-13-24(14-3-19)26(30)28-18-23-10-6-21(7-11-23)16-25(29)15-12-20-4-8-22(17-27)9-5-20/h2-11,13-14H,12,15-18,27H2,1H3,(H,28,30). The van der Waals surface area contributed by atoms with Gasteiger partial charge in [0.25, 0.3) is 5.91 Å². The highest BCUT2D eigenvalue weighted by Gasteiger charge is 2.07. The zero-order chi connectivity index (χ0) is 21.3. The molecule has 0 aliphatic heterocycles. The Labute approximate surface area is 178 Å². The largest absolute Gasteiger partial charge is 0.348 e. The summed E-state index contributed by atoms with van der Waals surface area (Å²) in [5.41, 5.74) is 11.6. The van der Waals surface area contributed by atoms with Gasteiger partial charge in [-0.1, -0.05) is 66.2 Å². The van der Waals surface area contributed by atoms with Gasteiger partial charge in [0.05, 0.1) is 0 Å². The number of amides is 1. The van der Waals surface area contributed by atoms with Crippen molar-refractivity contribution in [2.45, 2.75) is 39.3 Å². The number of rotatable bonds is 9. The van der Waals surface area contributed by atoms with Crippen LogP contribution in [-0.2, 0) is 30.7 Å². The normalized spacial score (nSPS) is 10.6. The molecule has 154 valence electrons. The van der Waals surface area contributed by atoms with Gasteiger partial charge in [0.1, 0.15) is 5.78 Å². The van der Waals surface area contributed by atoms with Gasteiger partial charge in [0, 0.05) is 31.5 Å². The number of aryl methyl sites for hydroxylation is 2. The average Bonchev–Trinajstić information content (AvgIpc) is 2.78. The number of hydrogen-bond acceptors (Lipinski definition) is 3. The first kappa shape index (κ1) is 21.5. The minimum atomic E-state index is -0.0891. The zero-order valence-electron chi connectivity index (χ0n) is 17.4. The second-order valence-corrected chi connectivity index (χ2v) is 7.60. The molecule has 4 heteroatoms. The van der Waals surface area contributed by atoms with Crippen molar-refractivity contribution in [3.63, 3.8) is 0 Å². The van der Waals surface area contributed by atoms with Gasteiger partial charge in [-0.15, -0.1) is 0 Å². The van der Waals surface area contributed by atoms with Gasteiger partial charge in [0.15, 0.2) is 0 Å². The van der Waals surface area contributed by atoms with Crippen LogP contribution >= 0.6 is 0 Å². The number of hydrogen-bond donors (Lipinski definition) is 2.